The van der Waals surface area contributed by atoms with Gasteiger partial charge in [-0.15, -0.1) is 11.3 Å². The van der Waals surface area contributed by atoms with Gasteiger partial charge in [-0.3, -0.25) is 0 Å². The van der Waals surface area contributed by atoms with Gasteiger partial charge in [0.15, 0.2) is 0 Å². The topological polar surface area (TPSA) is 61.0 Å². The summed E-state index contributed by atoms with van der Waals surface area (Å²) in [5, 5.41) is 2.06. The highest BCUT2D eigenvalue weighted by Crippen LogP contribution is 2.19. The zero-order valence-electron chi connectivity index (χ0n) is 9.93. The lowest BCUT2D eigenvalue weighted by atomic mass is 10.3. The van der Waals surface area contributed by atoms with Crippen molar-refractivity contribution in [2.45, 2.75) is 20.3 Å². The van der Waals surface area contributed by atoms with Gasteiger partial charge in [-0.05, 0) is 25.3 Å². The molecule has 90 valence electrons. The van der Waals surface area contributed by atoms with Crippen LogP contribution in [-0.2, 0) is 6.42 Å². The predicted octanol–water partition coefficient (Wildman–Crippen LogP) is 2.36. The number of aryl methyl sites for hydroxylation is 1. The number of nitrogens with zero attached hydrogens (tertiary/aromatic N) is 2. The lowest BCUT2D eigenvalue weighted by Gasteiger charge is -2.09. The average Bonchev–Trinajstić information content (AvgIpc) is 2.78. The van der Waals surface area contributed by atoms with Crippen LogP contribution in [0.5, 0.6) is 5.88 Å². The van der Waals surface area contributed by atoms with E-state index in [0.29, 0.717) is 24.1 Å². The molecule has 0 aromatic carbocycles. The molecular formula is C12H15N3OS. The molecule has 0 amide bonds. The number of hydrogen-bond acceptors (Lipinski definition) is 5. The third kappa shape index (κ3) is 2.94. The summed E-state index contributed by atoms with van der Waals surface area (Å²) in [5.74, 6) is 1.72. The first kappa shape index (κ1) is 11.9. The molecule has 0 spiro atoms. The van der Waals surface area contributed by atoms with Crippen molar-refractivity contribution >= 4 is 17.2 Å². The van der Waals surface area contributed by atoms with Crippen LogP contribution in [0.4, 0.5) is 5.82 Å². The molecule has 0 aliphatic rings. The quantitative estimate of drug-likeness (QED) is 0.903. The molecule has 0 unspecified atom stereocenters. The monoisotopic (exact) mass is 249 g/mol. The summed E-state index contributed by atoms with van der Waals surface area (Å²) in [4.78, 5) is 9.63. The van der Waals surface area contributed by atoms with Crippen molar-refractivity contribution < 1.29 is 4.74 Å². The molecule has 0 saturated carbocycles. The number of aromatic nitrogens is 2. The Bertz CT molecular complexity index is 497. The molecule has 0 saturated heterocycles. The lowest BCUT2D eigenvalue weighted by Crippen LogP contribution is -2.07. The Hall–Kier alpha value is -1.62. The Morgan fingerprint density at radius 2 is 2.18 bits per heavy atom. The summed E-state index contributed by atoms with van der Waals surface area (Å²) < 4.78 is 5.65. The molecule has 2 rings (SSSR count). The Morgan fingerprint density at radius 3 is 2.88 bits per heavy atom. The average molecular weight is 249 g/mol. The van der Waals surface area contributed by atoms with Crippen molar-refractivity contribution in [3.05, 3.63) is 33.8 Å². The highest BCUT2D eigenvalue weighted by Gasteiger charge is 2.07. The van der Waals surface area contributed by atoms with E-state index in [1.54, 1.807) is 11.3 Å². The number of nitrogens with two attached hydrogens (primary N) is 1. The standard InChI is InChI=1S/C12H15N3OS/c1-8-11(13)14-9(2)15-12(8)16-6-5-10-4-3-7-17-10/h3-4,7H,5-6H2,1-2H3,(H2,13,14,15). The molecule has 0 bridgehead atoms. The van der Waals surface area contributed by atoms with Crippen molar-refractivity contribution in [1.29, 1.82) is 0 Å². The van der Waals surface area contributed by atoms with Gasteiger partial charge < -0.3 is 10.5 Å². The van der Waals surface area contributed by atoms with E-state index < -0.39 is 0 Å². The highest BCUT2D eigenvalue weighted by molar-refractivity contribution is 7.09. The normalized spacial score (nSPS) is 10.5. The summed E-state index contributed by atoms with van der Waals surface area (Å²) in [7, 11) is 0. The maximum Gasteiger partial charge on any atom is 0.221 e. The molecular weight excluding hydrogens is 234 g/mol. The van der Waals surface area contributed by atoms with Crippen LogP contribution < -0.4 is 10.5 Å². The first-order valence-electron chi connectivity index (χ1n) is 5.42. The summed E-state index contributed by atoms with van der Waals surface area (Å²) in [6.07, 6.45) is 0.889. The lowest BCUT2D eigenvalue weighted by molar-refractivity contribution is 0.307. The van der Waals surface area contributed by atoms with Gasteiger partial charge in [0.1, 0.15) is 11.6 Å². The summed E-state index contributed by atoms with van der Waals surface area (Å²) in [6.45, 7) is 4.29. The predicted molar refractivity (Wildman–Crippen MR) is 69.4 cm³/mol. The number of nitrogen functional groups attached to an aromatic ring is 1. The van der Waals surface area contributed by atoms with Crippen LogP contribution in [0.15, 0.2) is 17.5 Å². The fourth-order valence-electron chi connectivity index (χ4n) is 1.47. The zero-order chi connectivity index (χ0) is 12.3. The smallest absolute Gasteiger partial charge is 0.221 e. The number of hydrogen-bond donors (Lipinski definition) is 1. The van der Waals surface area contributed by atoms with Crippen LogP contribution in [0, 0.1) is 13.8 Å². The van der Waals surface area contributed by atoms with E-state index in [1.807, 2.05) is 19.9 Å². The molecule has 0 aliphatic carbocycles. The van der Waals surface area contributed by atoms with Crippen LogP contribution >= 0.6 is 11.3 Å². The molecule has 0 radical (unpaired) electrons. The van der Waals surface area contributed by atoms with E-state index in [4.69, 9.17) is 10.5 Å². The van der Waals surface area contributed by atoms with Gasteiger partial charge in [-0.1, -0.05) is 6.07 Å². The maximum atomic E-state index is 5.76. The second kappa shape index (κ2) is 5.14. The van der Waals surface area contributed by atoms with Gasteiger partial charge in [0.25, 0.3) is 0 Å². The van der Waals surface area contributed by atoms with Gasteiger partial charge in [0, 0.05) is 11.3 Å². The first-order chi connectivity index (χ1) is 8.16. The number of rotatable bonds is 4. The molecule has 5 heteroatoms. The molecule has 2 N–H and O–H groups in total. The third-order valence-electron chi connectivity index (χ3n) is 2.42. The molecule has 17 heavy (non-hydrogen) atoms. The van der Waals surface area contributed by atoms with Crippen LogP contribution in [0.3, 0.4) is 0 Å². The minimum Gasteiger partial charge on any atom is -0.477 e. The van der Waals surface area contributed by atoms with Crippen molar-refractivity contribution in [2.24, 2.45) is 0 Å². The number of ether oxygens (including phenoxy) is 1. The first-order valence-corrected chi connectivity index (χ1v) is 6.30. The molecule has 2 aromatic rings. The SMILES string of the molecule is Cc1nc(N)c(C)c(OCCc2cccs2)n1. The van der Waals surface area contributed by atoms with Gasteiger partial charge >= 0.3 is 0 Å². The Balaban J connectivity index is 1.99. The Kier molecular flexibility index (Phi) is 3.58. The molecule has 0 atom stereocenters. The van der Waals surface area contributed by atoms with Crippen LogP contribution in [0.2, 0.25) is 0 Å². The van der Waals surface area contributed by atoms with E-state index in [1.165, 1.54) is 4.88 Å². The Labute approximate surface area is 104 Å². The summed E-state index contributed by atoms with van der Waals surface area (Å²) >= 11 is 1.73. The van der Waals surface area contributed by atoms with Gasteiger partial charge in [0.05, 0.1) is 12.2 Å². The Morgan fingerprint density at radius 1 is 1.35 bits per heavy atom. The minimum atomic E-state index is 0.489. The van der Waals surface area contributed by atoms with Gasteiger partial charge in [-0.2, -0.15) is 4.98 Å². The van der Waals surface area contributed by atoms with Crippen LogP contribution in [0.1, 0.15) is 16.3 Å². The van der Waals surface area contributed by atoms with Crippen molar-refractivity contribution in [1.82, 2.24) is 9.97 Å². The molecule has 2 aromatic heterocycles. The van der Waals surface area contributed by atoms with Crippen LogP contribution in [0.25, 0.3) is 0 Å². The summed E-state index contributed by atoms with van der Waals surface area (Å²) in [5.41, 5.74) is 6.57. The second-order valence-corrected chi connectivity index (χ2v) is 4.80. The van der Waals surface area contributed by atoms with Gasteiger partial charge in [0.2, 0.25) is 5.88 Å². The van der Waals surface area contributed by atoms with E-state index in [-0.39, 0.29) is 0 Å². The maximum absolute atomic E-state index is 5.76. The zero-order valence-corrected chi connectivity index (χ0v) is 10.8. The van der Waals surface area contributed by atoms with Gasteiger partial charge in [-0.25, -0.2) is 4.98 Å². The van der Waals surface area contributed by atoms with E-state index in [9.17, 15) is 0 Å². The largest absolute Gasteiger partial charge is 0.477 e. The van der Waals surface area contributed by atoms with E-state index in [2.05, 4.69) is 21.4 Å². The van der Waals surface area contributed by atoms with Crippen molar-refractivity contribution in [3.8, 4) is 5.88 Å². The van der Waals surface area contributed by atoms with Crippen molar-refractivity contribution in [3.63, 3.8) is 0 Å². The molecule has 2 heterocycles. The van der Waals surface area contributed by atoms with E-state index in [0.717, 1.165) is 12.0 Å². The van der Waals surface area contributed by atoms with Crippen molar-refractivity contribution in [2.75, 3.05) is 12.3 Å². The number of thiophene rings is 1. The third-order valence-corrected chi connectivity index (χ3v) is 3.35. The fourth-order valence-corrected chi connectivity index (χ4v) is 2.16. The number of anilines is 1. The second-order valence-electron chi connectivity index (χ2n) is 3.76. The van der Waals surface area contributed by atoms with E-state index >= 15 is 0 Å². The molecule has 4 nitrogen and oxygen atoms in total. The minimum absolute atomic E-state index is 0.489. The van der Waals surface area contributed by atoms with Crippen LogP contribution in [-0.4, -0.2) is 16.6 Å². The molecule has 0 aliphatic heterocycles. The summed E-state index contributed by atoms with van der Waals surface area (Å²) in [6, 6.07) is 4.14. The highest BCUT2D eigenvalue weighted by atomic mass is 32.1. The molecule has 0 fully saturated rings. The fraction of sp³-hybridized carbons (Fsp3) is 0.333.